The maximum absolute atomic E-state index is 11.9. The van der Waals surface area contributed by atoms with E-state index in [1.807, 2.05) is 36.1 Å². The van der Waals surface area contributed by atoms with Crippen LogP contribution in [0.25, 0.3) is 0 Å². The number of nitrogens with zero attached hydrogens (tertiary/aromatic N) is 2. The van der Waals surface area contributed by atoms with Gasteiger partial charge in [0.25, 0.3) is 0 Å². The summed E-state index contributed by atoms with van der Waals surface area (Å²) in [7, 11) is 0. The number of rotatable bonds is 5. The summed E-state index contributed by atoms with van der Waals surface area (Å²) < 4.78 is 0. The van der Waals surface area contributed by atoms with Crippen molar-refractivity contribution in [1.82, 2.24) is 5.32 Å². The number of anilines is 1. The van der Waals surface area contributed by atoms with Gasteiger partial charge in [-0.25, -0.2) is 4.99 Å². The molecule has 1 aliphatic rings. The van der Waals surface area contributed by atoms with E-state index < -0.39 is 0 Å². The molecule has 1 aliphatic heterocycles. The van der Waals surface area contributed by atoms with Gasteiger partial charge in [-0.3, -0.25) is 4.79 Å². The third-order valence-corrected chi connectivity index (χ3v) is 3.57. The number of hydrogen-bond acceptors (Lipinski definition) is 2. The summed E-state index contributed by atoms with van der Waals surface area (Å²) in [6.07, 6.45) is 2.72. The van der Waals surface area contributed by atoms with Crippen molar-refractivity contribution in [3.05, 3.63) is 42.0 Å². The predicted molar refractivity (Wildman–Crippen MR) is 106 cm³/mol. The quantitative estimate of drug-likeness (QED) is 0.328. The molecule has 0 aromatic heterocycles. The summed E-state index contributed by atoms with van der Waals surface area (Å²) >= 11 is 0. The summed E-state index contributed by atoms with van der Waals surface area (Å²) in [5.74, 6) is 0.628. The van der Waals surface area contributed by atoms with E-state index in [1.54, 1.807) is 0 Å². The summed E-state index contributed by atoms with van der Waals surface area (Å²) in [4.78, 5) is 18.0. The fourth-order valence-electron chi connectivity index (χ4n) is 2.33. The third-order valence-electron chi connectivity index (χ3n) is 3.57. The number of hydrogen-bond donors (Lipinski definition) is 2. The summed E-state index contributed by atoms with van der Waals surface area (Å²) in [6.45, 7) is 7.69. The molecule has 1 amide bonds. The lowest BCUT2D eigenvalue weighted by Crippen LogP contribution is -2.35. The summed E-state index contributed by atoms with van der Waals surface area (Å²) in [5.41, 5.74) is 8.81. The van der Waals surface area contributed by atoms with Crippen molar-refractivity contribution in [2.45, 2.75) is 32.7 Å². The lowest BCUT2D eigenvalue weighted by atomic mass is 10.1. The Kier molecular flexibility index (Phi) is 8.08. The van der Waals surface area contributed by atoms with E-state index in [4.69, 9.17) is 5.73 Å². The minimum atomic E-state index is 0. The number of aliphatic imine (C=N–C) groups is 1. The fraction of sp³-hybridized carbons (Fsp3) is 0.412. The molecule has 1 heterocycles. The maximum Gasteiger partial charge on any atom is 0.226 e. The first-order valence-electron chi connectivity index (χ1n) is 7.64. The highest BCUT2D eigenvalue weighted by Crippen LogP contribution is 2.21. The first kappa shape index (κ1) is 19.5. The number of carbonyl (C=O) groups excluding carboxylic acids is 1. The van der Waals surface area contributed by atoms with Crippen molar-refractivity contribution in [1.29, 1.82) is 0 Å². The SMILES string of the molecule is C=C(C)CNC(N)=NCc1ccc(N2CCCCC2=O)cc1.I. The van der Waals surface area contributed by atoms with Crippen LogP contribution in [0.3, 0.4) is 0 Å². The molecule has 0 radical (unpaired) electrons. The zero-order valence-electron chi connectivity index (χ0n) is 13.5. The van der Waals surface area contributed by atoms with Crippen LogP contribution in [0, 0.1) is 0 Å². The Balaban J connectivity index is 0.00000264. The molecular formula is C17H25IN4O. The molecule has 0 aliphatic carbocycles. The van der Waals surface area contributed by atoms with E-state index >= 15 is 0 Å². The molecule has 6 heteroatoms. The van der Waals surface area contributed by atoms with Crippen LogP contribution in [-0.4, -0.2) is 25.0 Å². The predicted octanol–water partition coefficient (Wildman–Crippen LogP) is 2.80. The molecule has 5 nitrogen and oxygen atoms in total. The molecule has 0 bridgehead atoms. The molecule has 3 N–H and O–H groups in total. The Hall–Kier alpha value is -1.57. The van der Waals surface area contributed by atoms with E-state index in [0.29, 0.717) is 25.5 Å². The topological polar surface area (TPSA) is 70.7 Å². The molecule has 0 spiro atoms. The number of piperidine rings is 1. The normalized spacial score (nSPS) is 15.1. The van der Waals surface area contributed by atoms with Crippen molar-refractivity contribution in [3.8, 4) is 0 Å². The lowest BCUT2D eigenvalue weighted by molar-refractivity contribution is -0.119. The van der Waals surface area contributed by atoms with Crippen LogP contribution in [-0.2, 0) is 11.3 Å². The first-order chi connectivity index (χ1) is 10.6. The Morgan fingerprint density at radius 3 is 2.65 bits per heavy atom. The lowest BCUT2D eigenvalue weighted by Gasteiger charge is -2.26. The van der Waals surface area contributed by atoms with Crippen molar-refractivity contribution in [2.24, 2.45) is 10.7 Å². The zero-order valence-corrected chi connectivity index (χ0v) is 15.9. The van der Waals surface area contributed by atoms with Gasteiger partial charge in [0.1, 0.15) is 0 Å². The van der Waals surface area contributed by atoms with Gasteiger partial charge in [0, 0.05) is 25.2 Å². The van der Waals surface area contributed by atoms with Crippen LogP contribution in [0.1, 0.15) is 31.7 Å². The van der Waals surface area contributed by atoms with Gasteiger partial charge in [-0.15, -0.1) is 24.0 Å². The molecule has 1 aromatic carbocycles. The number of amides is 1. The van der Waals surface area contributed by atoms with Crippen LogP contribution in [0.4, 0.5) is 5.69 Å². The van der Waals surface area contributed by atoms with Gasteiger partial charge >= 0.3 is 0 Å². The van der Waals surface area contributed by atoms with Crippen molar-refractivity contribution in [3.63, 3.8) is 0 Å². The highest BCUT2D eigenvalue weighted by molar-refractivity contribution is 14.0. The zero-order chi connectivity index (χ0) is 15.9. The summed E-state index contributed by atoms with van der Waals surface area (Å²) in [5, 5.41) is 3.00. The number of benzene rings is 1. The van der Waals surface area contributed by atoms with Crippen molar-refractivity contribution >= 4 is 41.5 Å². The number of guanidine groups is 1. The Morgan fingerprint density at radius 2 is 2.04 bits per heavy atom. The van der Waals surface area contributed by atoms with Crippen LogP contribution >= 0.6 is 24.0 Å². The van der Waals surface area contributed by atoms with E-state index in [2.05, 4.69) is 16.9 Å². The highest BCUT2D eigenvalue weighted by Gasteiger charge is 2.19. The Bertz CT molecular complexity index is 568. The number of halogens is 1. The Labute approximate surface area is 155 Å². The number of nitrogens with one attached hydrogen (secondary N) is 1. The molecule has 23 heavy (non-hydrogen) atoms. The molecule has 1 saturated heterocycles. The van der Waals surface area contributed by atoms with Crippen molar-refractivity contribution in [2.75, 3.05) is 18.0 Å². The average Bonchev–Trinajstić information content (AvgIpc) is 2.52. The van der Waals surface area contributed by atoms with Crippen LogP contribution in [0.5, 0.6) is 0 Å². The molecule has 126 valence electrons. The smallest absolute Gasteiger partial charge is 0.226 e. The fourth-order valence-corrected chi connectivity index (χ4v) is 2.33. The third kappa shape index (κ3) is 6.21. The van der Waals surface area contributed by atoms with Gasteiger partial charge in [0.05, 0.1) is 6.54 Å². The van der Waals surface area contributed by atoms with E-state index in [-0.39, 0.29) is 29.9 Å². The van der Waals surface area contributed by atoms with Gasteiger partial charge in [-0.1, -0.05) is 24.3 Å². The van der Waals surface area contributed by atoms with E-state index in [1.165, 1.54) is 0 Å². The van der Waals surface area contributed by atoms with Crippen LogP contribution in [0.15, 0.2) is 41.4 Å². The van der Waals surface area contributed by atoms with Gasteiger partial charge < -0.3 is 16.0 Å². The van der Waals surface area contributed by atoms with E-state index in [9.17, 15) is 4.79 Å². The van der Waals surface area contributed by atoms with E-state index in [0.717, 1.165) is 36.2 Å². The molecule has 0 atom stereocenters. The number of carbonyl (C=O) groups is 1. The van der Waals surface area contributed by atoms with Gasteiger partial charge in [-0.05, 0) is 37.5 Å². The number of nitrogens with two attached hydrogens (primary N) is 1. The molecular weight excluding hydrogens is 403 g/mol. The summed E-state index contributed by atoms with van der Waals surface area (Å²) in [6, 6.07) is 7.94. The van der Waals surface area contributed by atoms with Gasteiger partial charge in [0.2, 0.25) is 5.91 Å². The average molecular weight is 428 g/mol. The Morgan fingerprint density at radius 1 is 1.35 bits per heavy atom. The molecule has 0 saturated carbocycles. The molecule has 1 fully saturated rings. The minimum Gasteiger partial charge on any atom is -0.370 e. The van der Waals surface area contributed by atoms with Crippen molar-refractivity contribution < 1.29 is 4.79 Å². The van der Waals surface area contributed by atoms with Crippen LogP contribution in [0.2, 0.25) is 0 Å². The second-order valence-electron chi connectivity index (χ2n) is 5.68. The molecule has 2 rings (SSSR count). The minimum absolute atomic E-state index is 0. The van der Waals surface area contributed by atoms with Gasteiger partial charge in [0.15, 0.2) is 5.96 Å². The molecule has 0 unspecified atom stereocenters. The second kappa shape index (κ2) is 9.54. The molecule has 1 aromatic rings. The second-order valence-corrected chi connectivity index (χ2v) is 5.68. The largest absolute Gasteiger partial charge is 0.370 e. The maximum atomic E-state index is 11.9. The monoisotopic (exact) mass is 428 g/mol. The van der Waals surface area contributed by atoms with Gasteiger partial charge in [-0.2, -0.15) is 0 Å². The first-order valence-corrected chi connectivity index (χ1v) is 7.64. The van der Waals surface area contributed by atoms with Crippen LogP contribution < -0.4 is 16.0 Å². The highest BCUT2D eigenvalue weighted by atomic mass is 127. The standard InChI is InChI=1S/C17H24N4O.HI/c1-13(2)11-19-17(18)20-12-14-6-8-15(9-7-14)21-10-4-3-5-16(21)22;/h6-9H,1,3-5,10-12H2,2H3,(H3,18,19,20);1H.